The molecule has 0 aromatic rings. The number of hydrogen-bond donors (Lipinski definition) is 2. The lowest BCUT2D eigenvalue weighted by Crippen LogP contribution is -2.46. The van der Waals surface area contributed by atoms with Gasteiger partial charge in [-0.25, -0.2) is 18.1 Å². The van der Waals surface area contributed by atoms with Gasteiger partial charge in [0.05, 0.1) is 11.4 Å². The second kappa shape index (κ2) is 10.2. The van der Waals surface area contributed by atoms with Gasteiger partial charge in [0.25, 0.3) is 0 Å². The topological polar surface area (TPSA) is 103 Å². The van der Waals surface area contributed by atoms with Crippen molar-refractivity contribution >= 4 is 21.9 Å². The predicted octanol–water partition coefficient (Wildman–Crippen LogP) is -0.397. The minimum Gasteiger partial charge on any atom is -0.376 e. The van der Waals surface area contributed by atoms with Gasteiger partial charge in [-0.15, -0.1) is 0 Å². The maximum atomic E-state index is 12.3. The number of nitrogens with one attached hydrogen (secondary N) is 2. The molecule has 156 valence electrons. The van der Waals surface area contributed by atoms with E-state index in [1.807, 2.05) is 4.90 Å². The van der Waals surface area contributed by atoms with E-state index in [0.29, 0.717) is 38.6 Å². The molecule has 2 heterocycles. The fraction of sp³-hybridized carbons (Fsp3) is 0.882. The smallest absolute Gasteiger partial charge is 0.243 e. The van der Waals surface area contributed by atoms with Crippen molar-refractivity contribution in [2.75, 3.05) is 53.4 Å². The molecular formula is C17H33N5O4S. The number of aliphatic imine (C=N–C) groups is 1. The molecule has 9 nitrogen and oxygen atoms in total. The first-order chi connectivity index (χ1) is 12.8. The van der Waals surface area contributed by atoms with Crippen LogP contribution in [-0.4, -0.2) is 94.9 Å². The van der Waals surface area contributed by atoms with Gasteiger partial charge in [-0.1, -0.05) is 6.92 Å². The highest BCUT2D eigenvalue weighted by atomic mass is 32.2. The summed E-state index contributed by atoms with van der Waals surface area (Å²) in [5, 5.41) is 2.82. The Morgan fingerprint density at radius 2 is 2.07 bits per heavy atom. The van der Waals surface area contributed by atoms with Crippen LogP contribution in [0, 0.1) is 0 Å². The summed E-state index contributed by atoms with van der Waals surface area (Å²) < 4.78 is 32.9. The van der Waals surface area contributed by atoms with Crippen LogP contribution in [0.25, 0.3) is 0 Å². The van der Waals surface area contributed by atoms with E-state index in [9.17, 15) is 13.2 Å². The number of carbonyl (C=O) groups excluding carboxylic acids is 1. The highest BCUT2D eigenvalue weighted by Gasteiger charge is 2.34. The molecule has 0 saturated carbocycles. The van der Waals surface area contributed by atoms with E-state index in [4.69, 9.17) is 4.74 Å². The zero-order chi connectivity index (χ0) is 19.9. The van der Waals surface area contributed by atoms with Gasteiger partial charge < -0.3 is 19.9 Å². The van der Waals surface area contributed by atoms with Crippen molar-refractivity contribution in [2.45, 2.75) is 44.0 Å². The molecule has 2 aliphatic rings. The van der Waals surface area contributed by atoms with Crippen LogP contribution in [0.5, 0.6) is 0 Å². The van der Waals surface area contributed by atoms with Crippen LogP contribution >= 0.6 is 0 Å². The van der Waals surface area contributed by atoms with E-state index in [2.05, 4.69) is 15.0 Å². The van der Waals surface area contributed by atoms with Crippen LogP contribution in [0.15, 0.2) is 4.99 Å². The number of likely N-dealkylation sites (tertiary alicyclic amines) is 1. The Hall–Kier alpha value is -1.39. The Kier molecular flexibility index (Phi) is 8.30. The Balaban J connectivity index is 2.02. The molecule has 2 fully saturated rings. The third kappa shape index (κ3) is 6.62. The molecule has 0 aromatic heterocycles. The Morgan fingerprint density at radius 1 is 1.30 bits per heavy atom. The molecule has 0 radical (unpaired) electrons. The van der Waals surface area contributed by atoms with Crippen molar-refractivity contribution < 1.29 is 17.9 Å². The SMILES string of the molecule is CCNS(=O)(=O)C1CCN(C(=NCC(=O)N(C)C)NCC2CCCCO2)C1. The molecule has 2 atom stereocenters. The van der Waals surface area contributed by atoms with Crippen molar-refractivity contribution in [2.24, 2.45) is 4.99 Å². The lowest BCUT2D eigenvalue weighted by molar-refractivity contribution is -0.127. The fourth-order valence-corrected chi connectivity index (χ4v) is 4.65. The number of carbonyl (C=O) groups is 1. The Bertz CT molecular complexity index is 617. The molecule has 0 bridgehead atoms. The first kappa shape index (κ1) is 21.9. The van der Waals surface area contributed by atoms with Gasteiger partial charge in [0.1, 0.15) is 6.54 Å². The summed E-state index contributed by atoms with van der Waals surface area (Å²) in [6.45, 7) is 4.51. The van der Waals surface area contributed by atoms with Crippen LogP contribution in [0.3, 0.4) is 0 Å². The Labute approximate surface area is 162 Å². The summed E-state index contributed by atoms with van der Waals surface area (Å²) in [5.41, 5.74) is 0. The van der Waals surface area contributed by atoms with E-state index in [0.717, 1.165) is 25.9 Å². The van der Waals surface area contributed by atoms with Gasteiger partial charge in [-0.2, -0.15) is 0 Å². The first-order valence-electron chi connectivity index (χ1n) is 9.67. The van der Waals surface area contributed by atoms with Crippen LogP contribution in [-0.2, 0) is 19.6 Å². The molecule has 0 aliphatic carbocycles. The van der Waals surface area contributed by atoms with Crippen LogP contribution in [0.4, 0.5) is 0 Å². The minimum atomic E-state index is -3.33. The van der Waals surface area contributed by atoms with Crippen molar-refractivity contribution in [3.05, 3.63) is 0 Å². The van der Waals surface area contributed by atoms with E-state index in [-0.39, 0.29) is 18.6 Å². The molecular weight excluding hydrogens is 370 g/mol. The monoisotopic (exact) mass is 403 g/mol. The summed E-state index contributed by atoms with van der Waals surface area (Å²) in [5.74, 6) is 0.479. The summed E-state index contributed by atoms with van der Waals surface area (Å²) >= 11 is 0. The number of nitrogens with zero attached hydrogens (tertiary/aromatic N) is 3. The van der Waals surface area contributed by atoms with Gasteiger partial charge in [0.15, 0.2) is 5.96 Å². The van der Waals surface area contributed by atoms with Gasteiger partial charge in [0, 0.05) is 46.9 Å². The average Bonchev–Trinajstić information content (AvgIpc) is 3.13. The van der Waals surface area contributed by atoms with Gasteiger partial charge in [-0.05, 0) is 25.7 Å². The Morgan fingerprint density at radius 3 is 2.70 bits per heavy atom. The van der Waals surface area contributed by atoms with Crippen LogP contribution in [0.2, 0.25) is 0 Å². The number of hydrogen-bond acceptors (Lipinski definition) is 5. The molecule has 1 amide bonds. The lowest BCUT2D eigenvalue weighted by atomic mass is 10.1. The maximum Gasteiger partial charge on any atom is 0.243 e. The number of guanidine groups is 1. The van der Waals surface area contributed by atoms with Crippen LogP contribution in [0.1, 0.15) is 32.6 Å². The van der Waals surface area contributed by atoms with Crippen molar-refractivity contribution in [3.63, 3.8) is 0 Å². The second-order valence-electron chi connectivity index (χ2n) is 7.20. The summed E-state index contributed by atoms with van der Waals surface area (Å²) in [6, 6.07) is 0. The molecule has 27 heavy (non-hydrogen) atoms. The number of amides is 1. The fourth-order valence-electron chi connectivity index (χ4n) is 3.22. The van der Waals surface area contributed by atoms with Gasteiger partial charge in [0.2, 0.25) is 15.9 Å². The van der Waals surface area contributed by atoms with Crippen molar-refractivity contribution in [3.8, 4) is 0 Å². The zero-order valence-corrected chi connectivity index (χ0v) is 17.4. The van der Waals surface area contributed by atoms with Crippen molar-refractivity contribution in [1.29, 1.82) is 0 Å². The zero-order valence-electron chi connectivity index (χ0n) is 16.6. The molecule has 2 saturated heterocycles. The molecule has 2 aliphatic heterocycles. The highest BCUT2D eigenvalue weighted by Crippen LogP contribution is 2.17. The molecule has 0 aromatic carbocycles. The van der Waals surface area contributed by atoms with E-state index < -0.39 is 15.3 Å². The van der Waals surface area contributed by atoms with E-state index in [1.165, 1.54) is 4.90 Å². The standard InChI is InChI=1S/C17H33N5O4S/c1-4-20-27(24,25)15-8-9-22(13-15)17(19-12-16(23)21(2)3)18-11-14-7-5-6-10-26-14/h14-15,20H,4-13H2,1-3H3,(H,18,19). The quantitative estimate of drug-likeness (QED) is 0.443. The minimum absolute atomic E-state index is 0.0297. The average molecular weight is 404 g/mol. The second-order valence-corrected chi connectivity index (χ2v) is 9.24. The van der Waals surface area contributed by atoms with E-state index in [1.54, 1.807) is 21.0 Å². The lowest BCUT2D eigenvalue weighted by Gasteiger charge is -2.27. The number of sulfonamides is 1. The normalized spacial score (nSPS) is 24.1. The highest BCUT2D eigenvalue weighted by molar-refractivity contribution is 7.90. The summed E-state index contributed by atoms with van der Waals surface area (Å²) in [6.07, 6.45) is 3.89. The van der Waals surface area contributed by atoms with Gasteiger partial charge in [-0.3, -0.25) is 4.79 Å². The molecule has 10 heteroatoms. The van der Waals surface area contributed by atoms with Crippen LogP contribution < -0.4 is 10.0 Å². The molecule has 2 N–H and O–H groups in total. The van der Waals surface area contributed by atoms with Gasteiger partial charge >= 0.3 is 0 Å². The number of ether oxygens (including phenoxy) is 1. The third-order valence-corrected chi connectivity index (χ3v) is 6.81. The third-order valence-electron chi connectivity index (χ3n) is 4.85. The predicted molar refractivity (Wildman–Crippen MR) is 105 cm³/mol. The molecule has 2 unspecified atom stereocenters. The summed E-state index contributed by atoms with van der Waals surface area (Å²) in [7, 11) is 0.0494. The largest absolute Gasteiger partial charge is 0.376 e. The maximum absolute atomic E-state index is 12.3. The molecule has 0 spiro atoms. The summed E-state index contributed by atoms with van der Waals surface area (Å²) in [4.78, 5) is 19.8. The molecule has 2 rings (SSSR count). The first-order valence-corrected chi connectivity index (χ1v) is 11.2. The van der Waals surface area contributed by atoms with E-state index >= 15 is 0 Å². The number of rotatable bonds is 7. The number of likely N-dealkylation sites (N-methyl/N-ethyl adjacent to an activating group) is 1. The van der Waals surface area contributed by atoms with Crippen molar-refractivity contribution in [1.82, 2.24) is 19.8 Å².